The summed E-state index contributed by atoms with van der Waals surface area (Å²) < 4.78 is 5.46. The Labute approximate surface area is 116 Å². The van der Waals surface area contributed by atoms with Crippen molar-refractivity contribution in [3.63, 3.8) is 0 Å². The summed E-state index contributed by atoms with van der Waals surface area (Å²) in [6, 6.07) is 2.33. The third kappa shape index (κ3) is 2.37. The molecule has 3 rings (SSSR count). The molecule has 1 fully saturated rings. The minimum absolute atomic E-state index is 0.304. The molecule has 0 saturated carbocycles. The van der Waals surface area contributed by atoms with E-state index in [1.165, 1.54) is 0 Å². The number of aryl methyl sites for hydroxylation is 1. The van der Waals surface area contributed by atoms with Crippen LogP contribution in [0.3, 0.4) is 0 Å². The van der Waals surface area contributed by atoms with Crippen molar-refractivity contribution in [3.05, 3.63) is 29.9 Å². The average molecular weight is 276 g/mol. The van der Waals surface area contributed by atoms with Crippen molar-refractivity contribution in [2.24, 2.45) is 0 Å². The molecule has 0 aliphatic carbocycles. The van der Waals surface area contributed by atoms with E-state index in [0.717, 1.165) is 28.5 Å². The summed E-state index contributed by atoms with van der Waals surface area (Å²) in [6.07, 6.45) is 3.56. The highest BCUT2D eigenvalue weighted by Crippen LogP contribution is 2.32. The normalized spacial score (nSPS) is 22.8. The van der Waals surface area contributed by atoms with Crippen LogP contribution in [0.25, 0.3) is 11.4 Å². The van der Waals surface area contributed by atoms with Crippen LogP contribution in [0, 0.1) is 6.92 Å². The van der Waals surface area contributed by atoms with E-state index in [4.69, 9.17) is 4.52 Å². The number of pyridine rings is 1. The predicted molar refractivity (Wildman–Crippen MR) is 75.2 cm³/mol. The molecule has 100 valence electrons. The van der Waals surface area contributed by atoms with Gasteiger partial charge in [-0.1, -0.05) is 5.16 Å². The second kappa shape index (κ2) is 5.30. The van der Waals surface area contributed by atoms with E-state index in [9.17, 15) is 0 Å². The van der Waals surface area contributed by atoms with Gasteiger partial charge in [0, 0.05) is 35.5 Å². The van der Waals surface area contributed by atoms with Gasteiger partial charge in [-0.15, -0.1) is 0 Å². The van der Waals surface area contributed by atoms with Gasteiger partial charge in [0.1, 0.15) is 0 Å². The van der Waals surface area contributed by atoms with Crippen molar-refractivity contribution in [2.75, 3.05) is 18.6 Å². The molecule has 0 bridgehead atoms. The lowest BCUT2D eigenvalue weighted by molar-refractivity contribution is 0.344. The summed E-state index contributed by atoms with van der Waals surface area (Å²) in [4.78, 5) is 8.64. The van der Waals surface area contributed by atoms with Gasteiger partial charge in [0.15, 0.2) is 0 Å². The molecule has 1 saturated heterocycles. The van der Waals surface area contributed by atoms with Gasteiger partial charge in [0.25, 0.3) is 0 Å². The fraction of sp³-hybridized carbons (Fsp3) is 0.462. The van der Waals surface area contributed by atoms with Crippen LogP contribution in [0.1, 0.15) is 17.4 Å². The van der Waals surface area contributed by atoms with Crippen LogP contribution in [0.2, 0.25) is 0 Å². The number of rotatable bonds is 3. The first-order valence-corrected chi connectivity index (χ1v) is 7.44. The van der Waals surface area contributed by atoms with E-state index < -0.39 is 0 Å². The first kappa shape index (κ1) is 12.6. The van der Waals surface area contributed by atoms with Crippen LogP contribution in [-0.2, 0) is 0 Å². The molecule has 0 aromatic carbocycles. The molecule has 2 atom stereocenters. The molecular formula is C13H16N4OS. The quantitative estimate of drug-likeness (QED) is 0.923. The van der Waals surface area contributed by atoms with Crippen molar-refractivity contribution < 1.29 is 4.52 Å². The van der Waals surface area contributed by atoms with Crippen LogP contribution in [-0.4, -0.2) is 39.7 Å². The molecule has 1 N–H and O–H groups in total. The summed E-state index contributed by atoms with van der Waals surface area (Å²) >= 11 is 1.92. The number of nitrogens with one attached hydrogen (secondary N) is 1. The van der Waals surface area contributed by atoms with Crippen LogP contribution in [0.15, 0.2) is 23.0 Å². The molecule has 2 aromatic rings. The lowest BCUT2D eigenvalue weighted by atomic mass is 10.0. The van der Waals surface area contributed by atoms with Gasteiger partial charge in [0.05, 0.1) is 5.92 Å². The fourth-order valence-electron chi connectivity index (χ4n) is 2.30. The molecule has 3 heterocycles. The molecule has 1 aliphatic heterocycles. The van der Waals surface area contributed by atoms with Gasteiger partial charge >= 0.3 is 0 Å². The SMILES string of the molecule is CNC1CSCC1c1nc(-c2ccncc2C)no1. The van der Waals surface area contributed by atoms with Crippen LogP contribution >= 0.6 is 11.8 Å². The summed E-state index contributed by atoms with van der Waals surface area (Å²) in [7, 11) is 1.98. The molecule has 2 unspecified atom stereocenters. The Bertz CT molecular complexity index is 571. The first-order chi connectivity index (χ1) is 9.29. The lowest BCUT2D eigenvalue weighted by Gasteiger charge is -2.13. The molecule has 0 radical (unpaired) electrons. The first-order valence-electron chi connectivity index (χ1n) is 6.29. The maximum absolute atomic E-state index is 5.46. The minimum Gasteiger partial charge on any atom is -0.339 e. The van der Waals surface area contributed by atoms with Crippen LogP contribution < -0.4 is 5.32 Å². The number of thioether (sulfide) groups is 1. The largest absolute Gasteiger partial charge is 0.339 e. The third-order valence-corrected chi connectivity index (χ3v) is 4.66. The zero-order chi connectivity index (χ0) is 13.2. The van der Waals surface area contributed by atoms with E-state index >= 15 is 0 Å². The average Bonchev–Trinajstić information content (AvgIpc) is 3.07. The second-order valence-electron chi connectivity index (χ2n) is 4.69. The number of hydrogen-bond donors (Lipinski definition) is 1. The van der Waals surface area contributed by atoms with Crippen LogP contribution in [0.4, 0.5) is 0 Å². The lowest BCUT2D eigenvalue weighted by Crippen LogP contribution is -2.31. The van der Waals surface area contributed by atoms with Crippen LogP contribution in [0.5, 0.6) is 0 Å². The Morgan fingerprint density at radius 3 is 3.11 bits per heavy atom. The predicted octanol–water partition coefficient (Wildman–Crippen LogP) is 1.86. The summed E-state index contributed by atoms with van der Waals surface area (Å²) in [5.74, 6) is 3.81. The zero-order valence-corrected chi connectivity index (χ0v) is 11.8. The molecule has 2 aromatic heterocycles. The number of nitrogens with zero attached hydrogens (tertiary/aromatic N) is 3. The van der Waals surface area contributed by atoms with Crippen molar-refractivity contribution in [1.29, 1.82) is 0 Å². The Hall–Kier alpha value is -1.40. The summed E-state index contributed by atoms with van der Waals surface area (Å²) in [5.41, 5.74) is 2.04. The van der Waals surface area contributed by atoms with Gasteiger partial charge in [-0.25, -0.2) is 0 Å². The Morgan fingerprint density at radius 1 is 1.42 bits per heavy atom. The second-order valence-corrected chi connectivity index (χ2v) is 5.76. The molecular weight excluding hydrogens is 260 g/mol. The maximum atomic E-state index is 5.46. The van der Waals surface area contributed by atoms with Crippen molar-refractivity contribution in [2.45, 2.75) is 18.9 Å². The molecule has 19 heavy (non-hydrogen) atoms. The topological polar surface area (TPSA) is 63.8 Å². The van der Waals surface area contributed by atoms with Gasteiger partial charge in [-0.05, 0) is 25.6 Å². The highest BCUT2D eigenvalue weighted by molar-refractivity contribution is 7.99. The monoisotopic (exact) mass is 276 g/mol. The Balaban J connectivity index is 1.90. The highest BCUT2D eigenvalue weighted by Gasteiger charge is 2.32. The van der Waals surface area contributed by atoms with E-state index in [0.29, 0.717) is 17.8 Å². The number of likely N-dealkylation sites (N-methyl/N-ethyl adjacent to an activating group) is 1. The maximum Gasteiger partial charge on any atom is 0.232 e. The van der Waals surface area contributed by atoms with Gasteiger partial charge in [-0.2, -0.15) is 16.7 Å². The van der Waals surface area contributed by atoms with Crippen molar-refractivity contribution >= 4 is 11.8 Å². The Kier molecular flexibility index (Phi) is 3.52. The standard InChI is InChI=1S/C13H16N4OS/c1-8-5-15-4-3-9(8)12-16-13(18-17-12)10-6-19-7-11(10)14-2/h3-5,10-11,14H,6-7H2,1-2H3. The number of hydrogen-bond acceptors (Lipinski definition) is 6. The Morgan fingerprint density at radius 2 is 2.32 bits per heavy atom. The van der Waals surface area contributed by atoms with E-state index in [-0.39, 0.29) is 0 Å². The molecule has 6 heteroatoms. The fourth-order valence-corrected chi connectivity index (χ4v) is 3.72. The third-order valence-electron chi connectivity index (χ3n) is 3.47. The minimum atomic E-state index is 0.304. The van der Waals surface area contributed by atoms with E-state index in [1.807, 2.05) is 38.0 Å². The summed E-state index contributed by atoms with van der Waals surface area (Å²) in [5, 5.41) is 7.42. The van der Waals surface area contributed by atoms with E-state index in [1.54, 1.807) is 6.20 Å². The van der Waals surface area contributed by atoms with Gasteiger partial charge in [0.2, 0.25) is 11.7 Å². The van der Waals surface area contributed by atoms with Gasteiger partial charge < -0.3 is 9.84 Å². The highest BCUT2D eigenvalue weighted by atomic mass is 32.2. The summed E-state index contributed by atoms with van der Waals surface area (Å²) in [6.45, 7) is 2.00. The smallest absolute Gasteiger partial charge is 0.232 e. The molecule has 1 aliphatic rings. The zero-order valence-electron chi connectivity index (χ0n) is 11.0. The van der Waals surface area contributed by atoms with E-state index in [2.05, 4.69) is 20.4 Å². The van der Waals surface area contributed by atoms with Crippen molar-refractivity contribution in [1.82, 2.24) is 20.4 Å². The van der Waals surface area contributed by atoms with Crippen molar-refractivity contribution in [3.8, 4) is 11.4 Å². The van der Waals surface area contributed by atoms with Gasteiger partial charge in [-0.3, -0.25) is 4.98 Å². The molecule has 5 nitrogen and oxygen atoms in total. The molecule has 0 amide bonds. The number of aromatic nitrogens is 3. The molecule has 0 spiro atoms.